The van der Waals surface area contributed by atoms with Gasteiger partial charge in [0, 0.05) is 58.1 Å². The van der Waals surface area contributed by atoms with Gasteiger partial charge in [-0.2, -0.15) is 9.90 Å². The van der Waals surface area contributed by atoms with E-state index >= 15 is 0 Å². The first-order chi connectivity index (χ1) is 19.9. The fourth-order valence-corrected chi connectivity index (χ4v) is 2.82. The van der Waals surface area contributed by atoms with E-state index in [0.717, 1.165) is 27.0 Å². The van der Waals surface area contributed by atoms with Gasteiger partial charge in [-0.1, -0.05) is 0 Å². The molecule has 244 valence electrons. The molecule has 0 bridgehead atoms. The molecule has 0 heterocycles. The van der Waals surface area contributed by atoms with E-state index in [-0.39, 0.29) is 33.5 Å². The van der Waals surface area contributed by atoms with Crippen LogP contribution in [0.5, 0.6) is 5.75 Å². The zero-order valence-electron chi connectivity index (χ0n) is 24.4. The van der Waals surface area contributed by atoms with Gasteiger partial charge in [0.1, 0.15) is 0 Å². The van der Waals surface area contributed by atoms with Crippen molar-refractivity contribution in [3.8, 4) is 5.75 Å². The summed E-state index contributed by atoms with van der Waals surface area (Å²) in [7, 11) is 6.92. The number of halogens is 6. The average molecular weight is 642 g/mol. The molecule has 0 aliphatic heterocycles. The molecule has 0 aromatic heterocycles. The maximum absolute atomic E-state index is 12.3. The molecular weight excluding hydrogens is 612 g/mol. The van der Waals surface area contributed by atoms with Crippen LogP contribution in [0.15, 0.2) is 42.5 Å². The van der Waals surface area contributed by atoms with Crippen LogP contribution in [0.3, 0.4) is 0 Å². The third-order valence-electron chi connectivity index (χ3n) is 4.41. The van der Waals surface area contributed by atoms with E-state index in [4.69, 9.17) is 10.1 Å². The van der Waals surface area contributed by atoms with Gasteiger partial charge in [-0.05, 0) is 42.5 Å². The van der Waals surface area contributed by atoms with E-state index in [0.29, 0.717) is 0 Å². The van der Waals surface area contributed by atoms with Crippen LogP contribution in [-0.2, 0) is 14.4 Å². The molecule has 0 aliphatic rings. The molecule has 44 heavy (non-hydrogen) atoms. The minimum atomic E-state index is -4.98. The lowest BCUT2D eigenvalue weighted by atomic mass is 10.1. The van der Waals surface area contributed by atoms with Crippen molar-refractivity contribution in [2.75, 3.05) is 45.6 Å². The van der Waals surface area contributed by atoms with Gasteiger partial charge >= 0.3 is 12.7 Å². The van der Waals surface area contributed by atoms with Crippen LogP contribution < -0.4 is 15.1 Å². The molecule has 0 aliphatic carbocycles. The molecule has 1 N–H and O–H groups in total. The lowest BCUT2D eigenvalue weighted by Gasteiger charge is -2.21. The van der Waals surface area contributed by atoms with Crippen molar-refractivity contribution in [3.63, 3.8) is 0 Å². The topological polar surface area (TPSA) is 152 Å². The molecule has 13 nitrogen and oxygen atoms in total. The number of alkyl halides is 6. The molecule has 0 atom stereocenters. The minimum absolute atomic E-state index is 0.0170. The van der Waals surface area contributed by atoms with Gasteiger partial charge < -0.3 is 19.9 Å². The number of carbonyl (C=O) groups excluding carboxylic acids is 4. The molecule has 2 rings (SSSR count). The van der Waals surface area contributed by atoms with Gasteiger partial charge in [0.05, 0.1) is 11.4 Å². The highest BCUT2D eigenvalue weighted by atomic mass is 19.4. The number of anilines is 2. The number of carbonyl (C=O) groups is 4. The number of amides is 4. The molecule has 0 spiro atoms. The van der Waals surface area contributed by atoms with Crippen LogP contribution >= 0.6 is 0 Å². The van der Waals surface area contributed by atoms with E-state index < -0.39 is 41.1 Å². The van der Waals surface area contributed by atoms with Crippen LogP contribution in [-0.4, -0.2) is 86.3 Å². The summed E-state index contributed by atoms with van der Waals surface area (Å²) in [6.07, 6.45) is -9.91. The summed E-state index contributed by atoms with van der Waals surface area (Å²) in [6, 6.07) is 8.44. The fourth-order valence-electron chi connectivity index (χ4n) is 2.82. The second-order valence-corrected chi connectivity index (χ2v) is 8.68. The highest BCUT2D eigenvalue weighted by Gasteiger charge is 2.35. The summed E-state index contributed by atoms with van der Waals surface area (Å²) in [6.45, 7) is 2.08. The second kappa shape index (κ2) is 16.6. The lowest BCUT2D eigenvalue weighted by Crippen LogP contribution is -2.35. The number of nitrogens with one attached hydrogen (secondary N) is 1. The van der Waals surface area contributed by atoms with Crippen LogP contribution in [0.25, 0.3) is 0 Å². The Morgan fingerprint density at radius 3 is 1.59 bits per heavy atom. The Balaban J connectivity index is 0.000000749. The van der Waals surface area contributed by atoms with Gasteiger partial charge in [0.25, 0.3) is 11.8 Å². The van der Waals surface area contributed by atoms with Crippen molar-refractivity contribution in [3.05, 3.63) is 63.7 Å². The highest BCUT2D eigenvalue weighted by molar-refractivity contribution is 5.97. The largest absolute Gasteiger partial charge is 0.573 e. The first kappa shape index (κ1) is 39.1. The Kier molecular flexibility index (Phi) is 14.8. The third kappa shape index (κ3) is 15.3. The Morgan fingerprint density at radius 2 is 1.23 bits per heavy atom. The van der Waals surface area contributed by atoms with E-state index in [1.165, 1.54) is 60.3 Å². The van der Waals surface area contributed by atoms with E-state index in [1.807, 2.05) is 0 Å². The monoisotopic (exact) mass is 641 g/mol. The normalized spacial score (nSPS) is 10.6. The molecule has 0 radical (unpaired) electrons. The molecule has 0 saturated heterocycles. The molecule has 0 unspecified atom stereocenters. The Hall–Kier alpha value is -4.94. The van der Waals surface area contributed by atoms with Gasteiger partial charge in [-0.15, -0.1) is 26.3 Å². The smallest absolute Gasteiger partial charge is 0.404 e. The average Bonchev–Trinajstić information content (AvgIpc) is 2.85. The maximum atomic E-state index is 12.3. The van der Waals surface area contributed by atoms with Gasteiger partial charge in [0.15, 0.2) is 12.8 Å². The van der Waals surface area contributed by atoms with Crippen molar-refractivity contribution < 1.29 is 60.0 Å². The van der Waals surface area contributed by atoms with Crippen molar-refractivity contribution in [2.24, 2.45) is 0 Å². The van der Waals surface area contributed by atoms with Crippen molar-refractivity contribution >= 4 is 35.0 Å². The number of nitro groups is 1. The van der Waals surface area contributed by atoms with Crippen molar-refractivity contribution in [1.29, 1.82) is 0 Å². The standard InChI is InChI=1S/2C12H13F3N2O3.CH3NO2/c1-8(18)17(20-12(13,14)15)10-6-4-9(5-7-10)11(19)16(2)3;1-7(18)16-9-5-4-8(11(19)17(2)3)6-10(9)20-12(13,14)15;1-2(3)4/h4-7H,1-3H3;4-6H,1-3H3,(H,16,18);1H3. The number of nitrogens with zero attached hydrogens (tertiary/aromatic N) is 4. The van der Waals surface area contributed by atoms with E-state index in [1.54, 1.807) is 14.1 Å². The predicted octanol–water partition coefficient (Wildman–Crippen LogP) is 4.33. The number of hydrogen-bond acceptors (Lipinski definition) is 8. The molecule has 0 fully saturated rings. The molecule has 19 heteroatoms. The summed E-state index contributed by atoms with van der Waals surface area (Å²) in [5, 5.41) is 11.1. The maximum Gasteiger partial charge on any atom is 0.573 e. The first-order valence-electron chi connectivity index (χ1n) is 11.8. The van der Waals surface area contributed by atoms with Gasteiger partial charge in [-0.3, -0.25) is 29.3 Å². The van der Waals surface area contributed by atoms with E-state index in [9.17, 15) is 45.5 Å². The van der Waals surface area contributed by atoms with Gasteiger partial charge in [-0.25, -0.2) is 0 Å². The quantitative estimate of drug-likeness (QED) is 0.278. The molecular formula is C25H29F6N5O8. The van der Waals surface area contributed by atoms with Crippen LogP contribution in [0.2, 0.25) is 0 Å². The van der Waals surface area contributed by atoms with Crippen LogP contribution in [0.1, 0.15) is 34.6 Å². The summed E-state index contributed by atoms with van der Waals surface area (Å²) >= 11 is 0. The van der Waals surface area contributed by atoms with Crippen LogP contribution in [0, 0.1) is 10.1 Å². The van der Waals surface area contributed by atoms with Crippen molar-refractivity contribution in [1.82, 2.24) is 9.80 Å². The minimum Gasteiger partial charge on any atom is -0.404 e. The Morgan fingerprint density at radius 1 is 0.795 bits per heavy atom. The highest BCUT2D eigenvalue weighted by Crippen LogP contribution is 2.31. The molecule has 2 aromatic rings. The molecule has 4 amide bonds. The van der Waals surface area contributed by atoms with E-state index in [2.05, 4.69) is 14.9 Å². The summed E-state index contributed by atoms with van der Waals surface area (Å²) < 4.78 is 77.3. The molecule has 2 aromatic carbocycles. The van der Waals surface area contributed by atoms with Gasteiger partial charge in [0.2, 0.25) is 11.8 Å². The zero-order valence-corrected chi connectivity index (χ0v) is 24.4. The Bertz CT molecular complexity index is 1310. The number of benzene rings is 2. The first-order valence-corrected chi connectivity index (χ1v) is 11.8. The summed E-state index contributed by atoms with van der Waals surface area (Å²) in [5.74, 6) is -2.91. The van der Waals surface area contributed by atoms with Crippen LogP contribution in [0.4, 0.5) is 37.7 Å². The zero-order chi connectivity index (χ0) is 34.6. The Labute approximate surface area is 247 Å². The number of rotatable bonds is 6. The number of hydrogen-bond donors (Lipinski definition) is 1. The number of ether oxygens (including phenoxy) is 1. The third-order valence-corrected chi connectivity index (χ3v) is 4.41. The lowest BCUT2D eigenvalue weighted by molar-refractivity contribution is -0.445. The number of hydroxylamine groups is 1. The fraction of sp³-hybridized carbons (Fsp3) is 0.360. The molecule has 0 saturated carbocycles. The summed E-state index contributed by atoms with van der Waals surface area (Å²) in [5.41, 5.74) is 0.0212. The SMILES string of the molecule is CC(=O)N(OC(F)(F)F)c1ccc(C(=O)N(C)C)cc1.CC(=O)Nc1ccc(C(=O)N(C)C)cc1OC(F)(F)F.C[N+](=O)[O-]. The van der Waals surface area contributed by atoms with Crippen molar-refractivity contribution in [2.45, 2.75) is 26.6 Å². The second-order valence-electron chi connectivity index (χ2n) is 8.68. The summed E-state index contributed by atoms with van der Waals surface area (Å²) in [4.78, 5) is 59.9. The predicted molar refractivity (Wildman–Crippen MR) is 143 cm³/mol.